The predicted octanol–water partition coefficient (Wildman–Crippen LogP) is 2.42. The summed E-state index contributed by atoms with van der Waals surface area (Å²) in [6.07, 6.45) is 1.69. The van der Waals surface area contributed by atoms with Crippen molar-refractivity contribution in [1.29, 1.82) is 0 Å². The van der Waals surface area contributed by atoms with Crippen molar-refractivity contribution in [2.24, 2.45) is 5.92 Å². The lowest BCUT2D eigenvalue weighted by molar-refractivity contribution is 0.0696. The van der Waals surface area contributed by atoms with Gasteiger partial charge < -0.3 is 5.11 Å². The Bertz CT molecular complexity index is 658. The Balaban J connectivity index is 2.45. The zero-order valence-corrected chi connectivity index (χ0v) is 13.4. The van der Waals surface area contributed by atoms with E-state index in [1.165, 1.54) is 10.4 Å². The van der Waals surface area contributed by atoms with Crippen LogP contribution in [0.25, 0.3) is 0 Å². The Morgan fingerprint density at radius 3 is 2.29 bits per heavy atom. The maximum Gasteiger partial charge on any atom is 0.335 e. The fraction of sp³-hybridized carbons (Fsp3) is 0.533. The average molecular weight is 311 g/mol. The fourth-order valence-corrected chi connectivity index (χ4v) is 4.41. The molecule has 0 unspecified atom stereocenters. The summed E-state index contributed by atoms with van der Waals surface area (Å²) in [6.45, 7) is 6.50. The number of nitrogens with zero attached hydrogens (tertiary/aromatic N) is 1. The van der Waals surface area contributed by atoms with Crippen LogP contribution in [0.5, 0.6) is 0 Å². The van der Waals surface area contributed by atoms with Crippen molar-refractivity contribution in [3.8, 4) is 0 Å². The lowest BCUT2D eigenvalue weighted by atomic mass is 10.0. The molecule has 116 valence electrons. The summed E-state index contributed by atoms with van der Waals surface area (Å²) < 4.78 is 26.9. The molecular weight excluding hydrogens is 290 g/mol. The number of aromatic carboxylic acids is 1. The fourth-order valence-electron chi connectivity index (χ4n) is 2.71. The number of hydrogen-bond acceptors (Lipinski definition) is 3. The van der Waals surface area contributed by atoms with Crippen LogP contribution >= 0.6 is 0 Å². The molecule has 1 aromatic rings. The van der Waals surface area contributed by atoms with E-state index in [0.717, 1.165) is 12.8 Å². The van der Waals surface area contributed by atoms with Crippen molar-refractivity contribution < 1.29 is 18.3 Å². The molecule has 1 saturated heterocycles. The maximum atomic E-state index is 12.7. The first-order chi connectivity index (χ1) is 9.73. The molecule has 5 nitrogen and oxygen atoms in total. The van der Waals surface area contributed by atoms with Gasteiger partial charge in [-0.25, -0.2) is 13.2 Å². The summed E-state index contributed by atoms with van der Waals surface area (Å²) in [5, 5.41) is 9.18. The van der Waals surface area contributed by atoms with Gasteiger partial charge in [-0.3, -0.25) is 0 Å². The lowest BCUT2D eigenvalue weighted by Gasteiger charge is -2.30. The number of carboxylic acid groups (broad SMARTS) is 1. The van der Waals surface area contributed by atoms with Crippen LogP contribution in [0.3, 0.4) is 0 Å². The first-order valence-corrected chi connectivity index (χ1v) is 8.52. The SMILES string of the molecule is Cc1cc(C)c(S(=O)(=O)N2CCC(C)CC2)cc1C(=O)O. The van der Waals surface area contributed by atoms with Gasteiger partial charge in [0.15, 0.2) is 0 Å². The molecule has 0 amide bonds. The van der Waals surface area contributed by atoms with E-state index in [1.807, 2.05) is 0 Å². The van der Waals surface area contributed by atoms with E-state index in [9.17, 15) is 18.3 Å². The standard InChI is InChI=1S/C15H21NO4S/c1-10-4-6-16(7-5-10)21(19,20)14-9-13(15(17)18)11(2)8-12(14)3/h8-10H,4-7H2,1-3H3,(H,17,18). The molecule has 0 bridgehead atoms. The summed E-state index contributed by atoms with van der Waals surface area (Å²) in [4.78, 5) is 11.3. The number of sulfonamides is 1. The zero-order valence-electron chi connectivity index (χ0n) is 12.6. The largest absolute Gasteiger partial charge is 0.478 e. The van der Waals surface area contributed by atoms with Crippen LogP contribution in [0.4, 0.5) is 0 Å². The van der Waals surface area contributed by atoms with Crippen LogP contribution in [0.15, 0.2) is 17.0 Å². The number of benzene rings is 1. The minimum Gasteiger partial charge on any atom is -0.478 e. The summed E-state index contributed by atoms with van der Waals surface area (Å²) in [5.74, 6) is -0.568. The van der Waals surface area contributed by atoms with Gasteiger partial charge in [-0.1, -0.05) is 13.0 Å². The highest BCUT2D eigenvalue weighted by Crippen LogP contribution is 2.27. The Morgan fingerprint density at radius 2 is 1.76 bits per heavy atom. The molecule has 0 aromatic heterocycles. The van der Waals surface area contributed by atoms with E-state index in [-0.39, 0.29) is 10.5 Å². The van der Waals surface area contributed by atoms with Crippen molar-refractivity contribution in [2.75, 3.05) is 13.1 Å². The number of piperidine rings is 1. The van der Waals surface area contributed by atoms with Crippen molar-refractivity contribution in [3.63, 3.8) is 0 Å². The van der Waals surface area contributed by atoms with Crippen LogP contribution < -0.4 is 0 Å². The third-order valence-corrected chi connectivity index (χ3v) is 6.15. The Hall–Kier alpha value is -1.40. The molecular formula is C15H21NO4S. The molecule has 2 rings (SSSR count). The number of hydrogen-bond donors (Lipinski definition) is 1. The van der Waals surface area contributed by atoms with Gasteiger partial charge in [0.25, 0.3) is 0 Å². The smallest absolute Gasteiger partial charge is 0.335 e. The van der Waals surface area contributed by atoms with E-state index < -0.39 is 16.0 Å². The first-order valence-electron chi connectivity index (χ1n) is 7.08. The normalized spacial score (nSPS) is 17.9. The number of aryl methyl sites for hydroxylation is 2. The molecule has 1 N–H and O–H groups in total. The van der Waals surface area contributed by atoms with Gasteiger partial charge in [-0.15, -0.1) is 0 Å². The molecule has 6 heteroatoms. The first kappa shape index (κ1) is 16.0. The zero-order chi connectivity index (χ0) is 15.8. The number of carboxylic acids is 1. The van der Waals surface area contributed by atoms with Crippen LogP contribution in [-0.4, -0.2) is 36.9 Å². The highest BCUT2D eigenvalue weighted by molar-refractivity contribution is 7.89. The van der Waals surface area contributed by atoms with Gasteiger partial charge in [-0.05, 0) is 49.8 Å². The molecule has 1 heterocycles. The van der Waals surface area contributed by atoms with Crippen LogP contribution in [-0.2, 0) is 10.0 Å². The topological polar surface area (TPSA) is 74.7 Å². The molecule has 0 atom stereocenters. The summed E-state index contributed by atoms with van der Waals surface area (Å²) >= 11 is 0. The quantitative estimate of drug-likeness (QED) is 0.930. The molecule has 0 aliphatic carbocycles. The minimum absolute atomic E-state index is 0.0459. The van der Waals surface area contributed by atoms with Crippen molar-refractivity contribution >= 4 is 16.0 Å². The minimum atomic E-state index is -3.62. The van der Waals surface area contributed by atoms with Crippen molar-refractivity contribution in [1.82, 2.24) is 4.31 Å². The predicted molar refractivity (Wildman–Crippen MR) is 80.0 cm³/mol. The van der Waals surface area contributed by atoms with Gasteiger partial charge in [-0.2, -0.15) is 4.31 Å². The highest BCUT2D eigenvalue weighted by Gasteiger charge is 2.30. The van der Waals surface area contributed by atoms with Gasteiger partial charge in [0, 0.05) is 13.1 Å². The summed E-state index contributed by atoms with van der Waals surface area (Å²) in [5.41, 5.74) is 1.21. The summed E-state index contributed by atoms with van der Waals surface area (Å²) in [6, 6.07) is 2.92. The van der Waals surface area contributed by atoms with Gasteiger partial charge >= 0.3 is 5.97 Å². The lowest BCUT2D eigenvalue weighted by Crippen LogP contribution is -2.38. The van der Waals surface area contributed by atoms with Crippen LogP contribution in [0, 0.1) is 19.8 Å². The van der Waals surface area contributed by atoms with Crippen LogP contribution in [0.1, 0.15) is 41.3 Å². The maximum absolute atomic E-state index is 12.7. The molecule has 0 spiro atoms. The molecule has 21 heavy (non-hydrogen) atoms. The number of rotatable bonds is 3. The Morgan fingerprint density at radius 1 is 1.19 bits per heavy atom. The van der Waals surface area contributed by atoms with E-state index in [2.05, 4.69) is 6.92 Å². The van der Waals surface area contributed by atoms with Gasteiger partial charge in [0.1, 0.15) is 0 Å². The third-order valence-electron chi connectivity index (χ3n) is 4.11. The van der Waals surface area contributed by atoms with Crippen LogP contribution in [0.2, 0.25) is 0 Å². The molecule has 1 fully saturated rings. The number of carbonyl (C=O) groups is 1. The molecule has 1 aliphatic rings. The van der Waals surface area contributed by atoms with Crippen molar-refractivity contribution in [2.45, 2.75) is 38.5 Å². The van der Waals surface area contributed by atoms with Gasteiger partial charge in [0.05, 0.1) is 10.5 Å². The van der Waals surface area contributed by atoms with E-state index >= 15 is 0 Å². The highest BCUT2D eigenvalue weighted by atomic mass is 32.2. The van der Waals surface area contributed by atoms with Gasteiger partial charge in [0.2, 0.25) is 10.0 Å². The van der Waals surface area contributed by atoms with E-state index in [0.29, 0.717) is 30.1 Å². The molecule has 0 saturated carbocycles. The molecule has 0 radical (unpaired) electrons. The van der Waals surface area contributed by atoms with Crippen molar-refractivity contribution in [3.05, 3.63) is 28.8 Å². The average Bonchev–Trinajstić information content (AvgIpc) is 2.38. The Kier molecular flexibility index (Phi) is 4.39. The monoisotopic (exact) mass is 311 g/mol. The second-order valence-corrected chi connectivity index (χ2v) is 7.73. The molecule has 1 aromatic carbocycles. The van der Waals surface area contributed by atoms with E-state index in [1.54, 1.807) is 19.9 Å². The third kappa shape index (κ3) is 3.11. The summed E-state index contributed by atoms with van der Waals surface area (Å²) in [7, 11) is -3.62. The Labute approximate surface area is 125 Å². The second kappa shape index (κ2) is 5.77. The molecule has 1 aliphatic heterocycles. The van der Waals surface area contributed by atoms with E-state index in [4.69, 9.17) is 0 Å². The second-order valence-electron chi connectivity index (χ2n) is 5.82.